The first kappa shape index (κ1) is 20.0. The lowest BCUT2D eigenvalue weighted by Crippen LogP contribution is -2.15. The van der Waals surface area contributed by atoms with Gasteiger partial charge in [-0.2, -0.15) is 0 Å². The van der Waals surface area contributed by atoms with Crippen LogP contribution < -0.4 is 20.3 Å². The summed E-state index contributed by atoms with van der Waals surface area (Å²) in [6.07, 6.45) is 1.35. The number of nitrogens with zero attached hydrogens (tertiary/aromatic N) is 2. The molecule has 8 nitrogen and oxygen atoms in total. The molecular formula is C17H16ClFN4O4S. The van der Waals surface area contributed by atoms with Gasteiger partial charge in [-0.05, 0) is 12.1 Å². The summed E-state index contributed by atoms with van der Waals surface area (Å²) in [6.45, 7) is 0.193. The van der Waals surface area contributed by atoms with Crippen LogP contribution in [0.3, 0.4) is 0 Å². The Balaban J connectivity index is 2.09. The number of pyridine rings is 1. The molecule has 0 radical (unpaired) electrons. The predicted octanol–water partition coefficient (Wildman–Crippen LogP) is 2.48. The number of ether oxygens (including phenoxy) is 2. The monoisotopic (exact) mass is 426 g/mol. The highest BCUT2D eigenvalue weighted by atomic mass is 35.5. The molecule has 28 heavy (non-hydrogen) atoms. The Bertz CT molecular complexity index is 1140. The van der Waals surface area contributed by atoms with Crippen LogP contribution >= 0.6 is 11.6 Å². The standard InChI is InChI=1S/C17H16ClFN4O4S/c1-26-9-5-4-8(10(6-9)27-2)7-20-15-11-13(21-17(23-15)28(3)25)12(19)14(18)22-16(11)24/h4-6H,7H2,1-3H3,(H,22,24)(H,20,21,23). The fourth-order valence-corrected chi connectivity index (χ4v) is 3.18. The minimum absolute atomic E-state index is 0.0323. The molecule has 2 aromatic heterocycles. The van der Waals surface area contributed by atoms with E-state index in [2.05, 4.69) is 20.3 Å². The zero-order valence-corrected chi connectivity index (χ0v) is 16.7. The quantitative estimate of drug-likeness (QED) is 0.460. The molecule has 0 bridgehead atoms. The first-order valence-electron chi connectivity index (χ1n) is 7.93. The smallest absolute Gasteiger partial charge is 0.262 e. The summed E-state index contributed by atoms with van der Waals surface area (Å²) < 4.78 is 36.8. The van der Waals surface area contributed by atoms with Crippen molar-refractivity contribution in [1.82, 2.24) is 15.0 Å². The maximum atomic E-state index is 14.4. The van der Waals surface area contributed by atoms with Crippen LogP contribution in [0.15, 0.2) is 28.2 Å². The van der Waals surface area contributed by atoms with E-state index in [1.807, 2.05) is 0 Å². The molecule has 0 amide bonds. The summed E-state index contributed by atoms with van der Waals surface area (Å²) in [5.74, 6) is 0.276. The largest absolute Gasteiger partial charge is 0.497 e. The van der Waals surface area contributed by atoms with Crippen molar-refractivity contribution in [2.75, 3.05) is 25.8 Å². The van der Waals surface area contributed by atoms with Crippen molar-refractivity contribution < 1.29 is 18.1 Å². The average Bonchev–Trinajstić information content (AvgIpc) is 2.69. The maximum absolute atomic E-state index is 14.4. The van der Waals surface area contributed by atoms with Crippen molar-refractivity contribution in [3.05, 3.63) is 45.1 Å². The van der Waals surface area contributed by atoms with Gasteiger partial charge in [0.25, 0.3) is 5.56 Å². The molecule has 0 saturated heterocycles. The molecule has 3 aromatic rings. The molecule has 2 N–H and O–H groups in total. The zero-order valence-electron chi connectivity index (χ0n) is 15.1. The number of anilines is 1. The van der Waals surface area contributed by atoms with Crippen molar-refractivity contribution in [2.45, 2.75) is 11.7 Å². The highest BCUT2D eigenvalue weighted by molar-refractivity contribution is 7.84. The Labute approximate surface area is 166 Å². The van der Waals surface area contributed by atoms with Crippen LogP contribution in [0, 0.1) is 5.82 Å². The number of rotatable bonds is 6. The van der Waals surface area contributed by atoms with E-state index in [-0.39, 0.29) is 28.4 Å². The fourth-order valence-electron chi connectivity index (χ4n) is 2.57. The van der Waals surface area contributed by atoms with Gasteiger partial charge in [0.15, 0.2) is 5.82 Å². The summed E-state index contributed by atoms with van der Waals surface area (Å²) in [5.41, 5.74) is -0.239. The number of hydrogen-bond donors (Lipinski definition) is 2. The van der Waals surface area contributed by atoms with Crippen LogP contribution in [0.4, 0.5) is 10.2 Å². The highest BCUT2D eigenvalue weighted by Crippen LogP contribution is 2.27. The van der Waals surface area contributed by atoms with E-state index in [0.717, 1.165) is 5.56 Å². The Hall–Kier alpha value is -2.72. The summed E-state index contributed by atoms with van der Waals surface area (Å²) in [6, 6.07) is 5.22. The fraction of sp³-hybridized carbons (Fsp3) is 0.235. The lowest BCUT2D eigenvalue weighted by Gasteiger charge is -2.13. The van der Waals surface area contributed by atoms with Crippen molar-refractivity contribution in [3.8, 4) is 11.5 Å². The van der Waals surface area contributed by atoms with Crippen LogP contribution in [0.1, 0.15) is 5.56 Å². The van der Waals surface area contributed by atoms with Crippen LogP contribution in [0.25, 0.3) is 10.9 Å². The third kappa shape index (κ3) is 3.78. The zero-order chi connectivity index (χ0) is 20.4. The van der Waals surface area contributed by atoms with E-state index in [1.54, 1.807) is 18.2 Å². The number of H-pyrrole nitrogens is 1. The second-order valence-corrected chi connectivity index (χ2v) is 7.30. The van der Waals surface area contributed by atoms with Gasteiger partial charge in [0, 0.05) is 24.4 Å². The second kappa shape index (κ2) is 8.11. The molecule has 1 unspecified atom stereocenters. The Kier molecular flexibility index (Phi) is 5.80. The van der Waals surface area contributed by atoms with Crippen LogP contribution in [0.5, 0.6) is 11.5 Å². The van der Waals surface area contributed by atoms with Gasteiger partial charge in [-0.1, -0.05) is 11.6 Å². The first-order chi connectivity index (χ1) is 13.3. The summed E-state index contributed by atoms with van der Waals surface area (Å²) in [4.78, 5) is 22.5. The summed E-state index contributed by atoms with van der Waals surface area (Å²) in [5, 5.41) is 2.23. The molecule has 1 aromatic carbocycles. The van der Waals surface area contributed by atoms with Gasteiger partial charge in [-0.25, -0.2) is 14.4 Å². The van der Waals surface area contributed by atoms with Crippen LogP contribution in [-0.2, 0) is 17.3 Å². The van der Waals surface area contributed by atoms with E-state index in [9.17, 15) is 13.4 Å². The number of methoxy groups -OCH3 is 2. The van der Waals surface area contributed by atoms with Gasteiger partial charge >= 0.3 is 0 Å². The lowest BCUT2D eigenvalue weighted by atomic mass is 10.2. The summed E-state index contributed by atoms with van der Waals surface area (Å²) in [7, 11) is 1.45. The van der Waals surface area contributed by atoms with Gasteiger partial charge in [0.2, 0.25) is 5.16 Å². The average molecular weight is 427 g/mol. The molecule has 0 aliphatic heterocycles. The minimum atomic E-state index is -1.60. The van der Waals surface area contributed by atoms with E-state index in [4.69, 9.17) is 21.1 Å². The number of hydrogen-bond acceptors (Lipinski definition) is 7. The predicted molar refractivity (Wildman–Crippen MR) is 104 cm³/mol. The Morgan fingerprint density at radius 2 is 2.04 bits per heavy atom. The second-order valence-electron chi connectivity index (χ2n) is 5.65. The minimum Gasteiger partial charge on any atom is -0.497 e. The number of benzene rings is 1. The first-order valence-corrected chi connectivity index (χ1v) is 9.86. The Morgan fingerprint density at radius 1 is 1.29 bits per heavy atom. The highest BCUT2D eigenvalue weighted by Gasteiger charge is 2.19. The van der Waals surface area contributed by atoms with E-state index in [0.29, 0.717) is 11.5 Å². The SMILES string of the molecule is COc1ccc(CNc2nc(S(C)=O)nc3c(F)c(Cl)[nH]c(=O)c23)c(OC)c1. The van der Waals surface area contributed by atoms with Gasteiger partial charge in [0.05, 0.1) is 25.0 Å². The lowest BCUT2D eigenvalue weighted by molar-refractivity contribution is 0.391. The molecular weight excluding hydrogens is 411 g/mol. The molecule has 148 valence electrons. The van der Waals surface area contributed by atoms with Crippen molar-refractivity contribution in [3.63, 3.8) is 0 Å². The van der Waals surface area contributed by atoms with Crippen LogP contribution in [0.2, 0.25) is 5.15 Å². The molecule has 1 atom stereocenters. The number of halogens is 2. The maximum Gasteiger partial charge on any atom is 0.262 e. The molecule has 3 rings (SSSR count). The van der Waals surface area contributed by atoms with E-state index < -0.39 is 27.3 Å². The summed E-state index contributed by atoms with van der Waals surface area (Å²) >= 11 is 5.70. The molecule has 0 saturated carbocycles. The number of nitrogens with one attached hydrogen (secondary N) is 2. The van der Waals surface area contributed by atoms with Crippen LogP contribution in [-0.4, -0.2) is 39.6 Å². The third-order valence-electron chi connectivity index (χ3n) is 3.94. The number of fused-ring (bicyclic) bond motifs is 1. The Morgan fingerprint density at radius 3 is 2.68 bits per heavy atom. The van der Waals surface area contributed by atoms with E-state index in [1.165, 1.54) is 20.5 Å². The number of aromatic nitrogens is 3. The molecule has 11 heteroatoms. The topological polar surface area (TPSA) is 106 Å². The van der Waals surface area contributed by atoms with Crippen molar-refractivity contribution in [2.24, 2.45) is 0 Å². The molecule has 0 aliphatic carbocycles. The van der Waals surface area contributed by atoms with E-state index >= 15 is 0 Å². The molecule has 0 fully saturated rings. The van der Waals surface area contributed by atoms with Gasteiger partial charge < -0.3 is 19.8 Å². The van der Waals surface area contributed by atoms with Gasteiger partial charge in [0.1, 0.15) is 33.4 Å². The molecule has 2 heterocycles. The molecule has 0 spiro atoms. The third-order valence-corrected chi connectivity index (χ3v) is 4.89. The van der Waals surface area contributed by atoms with Gasteiger partial charge in [-0.15, -0.1) is 0 Å². The normalized spacial score (nSPS) is 12.0. The molecule has 0 aliphatic rings. The van der Waals surface area contributed by atoms with Crippen molar-refractivity contribution >= 4 is 39.1 Å². The van der Waals surface area contributed by atoms with Gasteiger partial charge in [-0.3, -0.25) is 9.00 Å². The van der Waals surface area contributed by atoms with Crippen molar-refractivity contribution in [1.29, 1.82) is 0 Å². The number of aromatic amines is 1.